The van der Waals surface area contributed by atoms with Crippen molar-refractivity contribution in [3.63, 3.8) is 0 Å². The van der Waals surface area contributed by atoms with Crippen LogP contribution in [0.2, 0.25) is 0 Å². The van der Waals surface area contributed by atoms with Crippen LogP contribution in [-0.2, 0) is 11.2 Å². The molecule has 0 saturated carbocycles. The summed E-state index contributed by atoms with van der Waals surface area (Å²) in [5.74, 6) is -0.101. The number of hydrogen-bond donors (Lipinski definition) is 0. The lowest BCUT2D eigenvalue weighted by atomic mass is 10.4. The van der Waals surface area contributed by atoms with Gasteiger partial charge in [0.25, 0.3) is 0 Å². The Bertz CT molecular complexity index is 769. The number of nitrogens with zero attached hydrogens (tertiary/aromatic N) is 4. The van der Waals surface area contributed by atoms with Crippen molar-refractivity contribution < 1.29 is 13.9 Å². The van der Waals surface area contributed by atoms with Gasteiger partial charge < -0.3 is 9.15 Å². The monoisotopic (exact) mass is 316 g/mol. The van der Waals surface area contributed by atoms with Crippen molar-refractivity contribution in [2.24, 2.45) is 0 Å². The van der Waals surface area contributed by atoms with Gasteiger partial charge in [-0.05, 0) is 19.1 Å². The molecule has 3 aromatic heterocycles. The number of aromatic nitrogens is 4. The third kappa shape index (κ3) is 3.17. The summed E-state index contributed by atoms with van der Waals surface area (Å²) in [6.45, 7) is 2.03. The van der Waals surface area contributed by atoms with E-state index in [1.54, 1.807) is 13.1 Å². The molecule has 0 atom stereocenters. The van der Waals surface area contributed by atoms with Gasteiger partial charge in [-0.1, -0.05) is 17.4 Å². The van der Waals surface area contributed by atoms with E-state index in [1.807, 2.05) is 18.2 Å². The summed E-state index contributed by atoms with van der Waals surface area (Å²) in [5, 5.41) is 9.65. The zero-order valence-corrected chi connectivity index (χ0v) is 12.5. The Balaban J connectivity index is 1.72. The molecule has 0 amide bonds. The first kappa shape index (κ1) is 14.3. The van der Waals surface area contributed by atoms with Crippen LogP contribution in [0, 0.1) is 0 Å². The Morgan fingerprint density at radius 2 is 2.27 bits per heavy atom. The first-order chi connectivity index (χ1) is 10.8. The van der Waals surface area contributed by atoms with E-state index in [0.717, 1.165) is 15.7 Å². The zero-order chi connectivity index (χ0) is 15.4. The van der Waals surface area contributed by atoms with Crippen LogP contribution in [0.4, 0.5) is 0 Å². The standard InChI is InChI=1S/C14H12N4O3S/c1-2-20-14(19)10-8-21-11(16-10)7-12-17-18-13(22-12)9-5-3-4-6-15-9/h3-6,8H,2,7H2,1H3. The molecule has 0 aliphatic rings. The highest BCUT2D eigenvalue weighted by atomic mass is 32.1. The van der Waals surface area contributed by atoms with E-state index in [1.165, 1.54) is 17.6 Å². The van der Waals surface area contributed by atoms with Gasteiger partial charge in [0.05, 0.1) is 13.0 Å². The summed E-state index contributed by atoms with van der Waals surface area (Å²) in [5.41, 5.74) is 0.928. The van der Waals surface area contributed by atoms with Crippen LogP contribution in [0.3, 0.4) is 0 Å². The van der Waals surface area contributed by atoms with Crippen molar-refractivity contribution >= 4 is 17.3 Å². The summed E-state index contributed by atoms with van der Waals surface area (Å²) in [6.07, 6.45) is 3.36. The van der Waals surface area contributed by atoms with Crippen LogP contribution in [0.15, 0.2) is 35.1 Å². The number of rotatable bonds is 5. The largest absolute Gasteiger partial charge is 0.461 e. The maximum absolute atomic E-state index is 11.5. The molecule has 0 aliphatic carbocycles. The van der Waals surface area contributed by atoms with E-state index in [-0.39, 0.29) is 5.69 Å². The number of esters is 1. The molecule has 0 aliphatic heterocycles. The van der Waals surface area contributed by atoms with Crippen LogP contribution >= 0.6 is 11.3 Å². The topological polar surface area (TPSA) is 91.0 Å². The second-order valence-corrected chi connectivity index (χ2v) is 5.30. The first-order valence-electron chi connectivity index (χ1n) is 6.61. The summed E-state index contributed by atoms with van der Waals surface area (Å²) in [7, 11) is 0. The van der Waals surface area contributed by atoms with Gasteiger partial charge in [-0.25, -0.2) is 9.78 Å². The van der Waals surface area contributed by atoms with Gasteiger partial charge in [0, 0.05) is 6.20 Å². The fourth-order valence-corrected chi connectivity index (χ4v) is 2.55. The van der Waals surface area contributed by atoms with Gasteiger partial charge in [-0.3, -0.25) is 4.98 Å². The molecule has 0 unspecified atom stereocenters. The average molecular weight is 316 g/mol. The highest BCUT2D eigenvalue weighted by molar-refractivity contribution is 7.14. The number of ether oxygens (including phenoxy) is 1. The molecule has 8 heteroatoms. The molecule has 0 N–H and O–H groups in total. The van der Waals surface area contributed by atoms with E-state index < -0.39 is 5.97 Å². The number of pyridine rings is 1. The average Bonchev–Trinajstić information content (AvgIpc) is 3.18. The third-order valence-corrected chi connectivity index (χ3v) is 3.64. The van der Waals surface area contributed by atoms with E-state index >= 15 is 0 Å². The van der Waals surface area contributed by atoms with Gasteiger partial charge in [-0.15, -0.1) is 10.2 Å². The van der Waals surface area contributed by atoms with Gasteiger partial charge in [0.15, 0.2) is 10.7 Å². The summed E-state index contributed by atoms with van der Waals surface area (Å²) >= 11 is 1.41. The minimum absolute atomic E-state index is 0.159. The second kappa shape index (κ2) is 6.44. The van der Waals surface area contributed by atoms with Crippen LogP contribution in [0.1, 0.15) is 28.3 Å². The van der Waals surface area contributed by atoms with Gasteiger partial charge in [-0.2, -0.15) is 0 Å². The van der Waals surface area contributed by atoms with Crippen molar-refractivity contribution in [1.82, 2.24) is 20.2 Å². The highest BCUT2D eigenvalue weighted by Gasteiger charge is 2.15. The number of oxazole rings is 1. The maximum atomic E-state index is 11.5. The quantitative estimate of drug-likeness (QED) is 0.667. The molecule has 0 bridgehead atoms. The van der Waals surface area contributed by atoms with Gasteiger partial charge in [0.1, 0.15) is 17.0 Å². The fourth-order valence-electron chi connectivity index (χ4n) is 1.74. The zero-order valence-electron chi connectivity index (χ0n) is 11.7. The molecule has 0 aromatic carbocycles. The molecule has 3 rings (SSSR count). The Kier molecular flexibility index (Phi) is 4.19. The highest BCUT2D eigenvalue weighted by Crippen LogP contribution is 2.22. The Hall–Kier alpha value is -2.61. The molecule has 112 valence electrons. The minimum atomic E-state index is -0.496. The number of carbonyl (C=O) groups excluding carboxylic acids is 1. The lowest BCUT2D eigenvalue weighted by molar-refractivity contribution is 0.0519. The van der Waals surface area contributed by atoms with Crippen LogP contribution in [0.5, 0.6) is 0 Å². The van der Waals surface area contributed by atoms with Gasteiger partial charge >= 0.3 is 5.97 Å². The summed E-state index contributed by atoms with van der Waals surface area (Å²) < 4.78 is 10.1. The van der Waals surface area contributed by atoms with E-state index in [0.29, 0.717) is 18.9 Å². The Morgan fingerprint density at radius 1 is 1.36 bits per heavy atom. The SMILES string of the molecule is CCOC(=O)c1coc(Cc2nnc(-c3ccccn3)s2)n1. The summed E-state index contributed by atoms with van der Waals surface area (Å²) in [6, 6.07) is 5.60. The lowest BCUT2D eigenvalue weighted by Crippen LogP contribution is -2.05. The van der Waals surface area contributed by atoms with Gasteiger partial charge in [0.2, 0.25) is 5.89 Å². The van der Waals surface area contributed by atoms with Crippen molar-refractivity contribution in [3.8, 4) is 10.7 Å². The Morgan fingerprint density at radius 3 is 3.05 bits per heavy atom. The number of carbonyl (C=O) groups is 1. The molecule has 0 radical (unpaired) electrons. The molecular weight excluding hydrogens is 304 g/mol. The van der Waals surface area contributed by atoms with Crippen LogP contribution in [0.25, 0.3) is 10.7 Å². The van der Waals surface area contributed by atoms with Crippen LogP contribution < -0.4 is 0 Å². The van der Waals surface area contributed by atoms with Crippen molar-refractivity contribution in [2.45, 2.75) is 13.3 Å². The maximum Gasteiger partial charge on any atom is 0.360 e. The molecule has 7 nitrogen and oxygen atoms in total. The fraction of sp³-hybridized carbons (Fsp3) is 0.214. The third-order valence-electron chi connectivity index (χ3n) is 2.69. The predicted molar refractivity (Wildman–Crippen MR) is 78.4 cm³/mol. The minimum Gasteiger partial charge on any atom is -0.461 e. The molecular formula is C14H12N4O3S. The molecule has 22 heavy (non-hydrogen) atoms. The Labute approximate surface area is 130 Å². The predicted octanol–water partition coefficient (Wildman–Crippen LogP) is 2.36. The second-order valence-electron chi connectivity index (χ2n) is 4.24. The van der Waals surface area contributed by atoms with Crippen molar-refractivity contribution in [2.75, 3.05) is 6.61 Å². The molecule has 0 saturated heterocycles. The molecule has 3 aromatic rings. The molecule has 0 spiro atoms. The normalized spacial score (nSPS) is 10.6. The van der Waals surface area contributed by atoms with Crippen molar-refractivity contribution in [3.05, 3.63) is 47.3 Å². The summed E-state index contributed by atoms with van der Waals surface area (Å²) in [4.78, 5) is 19.8. The lowest BCUT2D eigenvalue weighted by Gasteiger charge is -1.94. The van der Waals surface area contributed by atoms with Crippen LogP contribution in [-0.4, -0.2) is 32.7 Å². The first-order valence-corrected chi connectivity index (χ1v) is 7.43. The van der Waals surface area contributed by atoms with E-state index in [2.05, 4.69) is 20.2 Å². The van der Waals surface area contributed by atoms with Crippen molar-refractivity contribution in [1.29, 1.82) is 0 Å². The van der Waals surface area contributed by atoms with E-state index in [4.69, 9.17) is 9.15 Å². The molecule has 3 heterocycles. The molecule has 0 fully saturated rings. The van der Waals surface area contributed by atoms with E-state index in [9.17, 15) is 4.79 Å². The number of hydrogen-bond acceptors (Lipinski definition) is 8. The smallest absolute Gasteiger partial charge is 0.360 e.